The van der Waals surface area contributed by atoms with Crippen molar-refractivity contribution in [2.24, 2.45) is 11.5 Å². The van der Waals surface area contributed by atoms with Crippen LogP contribution in [0.25, 0.3) is 10.9 Å². The second-order valence-corrected chi connectivity index (χ2v) is 9.92. The van der Waals surface area contributed by atoms with Crippen LogP contribution in [0.5, 0.6) is 0 Å². The van der Waals surface area contributed by atoms with Crippen LogP contribution in [0.15, 0.2) is 43.0 Å². The van der Waals surface area contributed by atoms with Gasteiger partial charge in [-0.2, -0.15) is 0 Å². The van der Waals surface area contributed by atoms with Crippen molar-refractivity contribution in [1.29, 1.82) is 0 Å². The Morgan fingerprint density at radius 3 is 2.37 bits per heavy atom. The van der Waals surface area contributed by atoms with Crippen molar-refractivity contribution < 1.29 is 29.4 Å². The van der Waals surface area contributed by atoms with Crippen LogP contribution in [-0.2, 0) is 32.0 Å². The van der Waals surface area contributed by atoms with E-state index in [1.165, 1.54) is 19.4 Å². The van der Waals surface area contributed by atoms with Gasteiger partial charge in [0.2, 0.25) is 17.7 Å². The molecule has 3 amide bonds. The van der Waals surface area contributed by atoms with E-state index >= 15 is 0 Å². The predicted octanol–water partition coefficient (Wildman–Crippen LogP) is -0.948. The number of nitrogens with two attached hydrogens (primary N) is 2. The van der Waals surface area contributed by atoms with Gasteiger partial charge >= 0.3 is 5.97 Å². The van der Waals surface area contributed by atoms with Gasteiger partial charge < -0.3 is 47.6 Å². The lowest BCUT2D eigenvalue weighted by Crippen LogP contribution is -2.60. The lowest BCUT2D eigenvalue weighted by Gasteiger charge is -2.26. The maximum atomic E-state index is 13.4. The number of carboxylic acids is 1. The van der Waals surface area contributed by atoms with E-state index in [0.29, 0.717) is 30.6 Å². The fraction of sp³-hybridized carbons (Fsp3) is 0.444. The maximum absolute atomic E-state index is 13.4. The number of hydrogen-bond acceptors (Lipinski definition) is 8. The number of benzene rings is 1. The van der Waals surface area contributed by atoms with Crippen LogP contribution >= 0.6 is 0 Å². The van der Waals surface area contributed by atoms with Gasteiger partial charge in [-0.1, -0.05) is 18.2 Å². The van der Waals surface area contributed by atoms with E-state index in [0.717, 1.165) is 10.9 Å². The van der Waals surface area contributed by atoms with Crippen molar-refractivity contribution in [3.8, 4) is 0 Å². The highest BCUT2D eigenvalue weighted by atomic mass is 16.4. The van der Waals surface area contributed by atoms with Crippen molar-refractivity contribution in [2.75, 3.05) is 6.54 Å². The summed E-state index contributed by atoms with van der Waals surface area (Å²) in [6, 6.07) is 2.49. The summed E-state index contributed by atoms with van der Waals surface area (Å²) < 4.78 is 0. The third-order valence-corrected chi connectivity index (χ3v) is 6.69. The number of carboxylic acid groups (broad SMARTS) is 1. The zero-order valence-corrected chi connectivity index (χ0v) is 22.8. The number of para-hydroxylation sites is 1. The summed E-state index contributed by atoms with van der Waals surface area (Å²) in [6.07, 6.45) is 4.69. The molecule has 2 aromatic heterocycles. The molecule has 0 spiro atoms. The van der Waals surface area contributed by atoms with Crippen molar-refractivity contribution in [2.45, 2.75) is 69.3 Å². The Balaban J connectivity index is 1.79. The molecule has 0 aliphatic rings. The Labute approximate surface area is 236 Å². The number of unbranched alkanes of at least 4 members (excludes halogenated alkanes) is 1. The number of aromatic nitrogens is 3. The monoisotopic (exact) mass is 570 g/mol. The van der Waals surface area contributed by atoms with Gasteiger partial charge in [-0.15, -0.1) is 0 Å². The van der Waals surface area contributed by atoms with Gasteiger partial charge in [0.05, 0.1) is 18.5 Å². The molecule has 0 aliphatic carbocycles. The van der Waals surface area contributed by atoms with Crippen LogP contribution in [0.1, 0.15) is 37.4 Å². The number of carbonyl (C=O) groups is 4. The summed E-state index contributed by atoms with van der Waals surface area (Å²) in [5, 5.41) is 28.4. The molecule has 0 aliphatic heterocycles. The second-order valence-electron chi connectivity index (χ2n) is 9.92. The predicted molar refractivity (Wildman–Crippen MR) is 150 cm³/mol. The number of hydrogen-bond donors (Lipinski definition) is 9. The highest BCUT2D eigenvalue weighted by molar-refractivity contribution is 5.95. The molecule has 41 heavy (non-hydrogen) atoms. The van der Waals surface area contributed by atoms with Gasteiger partial charge in [0, 0.05) is 41.8 Å². The van der Waals surface area contributed by atoms with E-state index in [1.54, 1.807) is 6.20 Å². The number of imidazole rings is 1. The molecule has 0 bridgehead atoms. The molecule has 5 unspecified atom stereocenters. The minimum absolute atomic E-state index is 0.0105. The Bertz CT molecular complexity index is 1310. The number of aliphatic carboxylic acids is 1. The highest BCUT2D eigenvalue weighted by Gasteiger charge is 2.33. The lowest BCUT2D eigenvalue weighted by atomic mass is 10.0. The van der Waals surface area contributed by atoms with E-state index in [-0.39, 0.29) is 19.3 Å². The van der Waals surface area contributed by atoms with Crippen LogP contribution in [-0.4, -0.2) is 85.7 Å². The normalized spacial score (nSPS) is 14.9. The van der Waals surface area contributed by atoms with Gasteiger partial charge in [-0.05, 0) is 44.4 Å². The quantitative estimate of drug-likeness (QED) is 0.0963. The number of rotatable bonds is 16. The Morgan fingerprint density at radius 1 is 0.976 bits per heavy atom. The molecule has 3 aromatic rings. The van der Waals surface area contributed by atoms with Crippen LogP contribution in [0.2, 0.25) is 0 Å². The summed E-state index contributed by atoms with van der Waals surface area (Å²) in [5.41, 5.74) is 13.6. The van der Waals surface area contributed by atoms with Crippen LogP contribution < -0.4 is 27.4 Å². The highest BCUT2D eigenvalue weighted by Crippen LogP contribution is 2.19. The third-order valence-electron chi connectivity index (χ3n) is 6.69. The second kappa shape index (κ2) is 14.9. The van der Waals surface area contributed by atoms with Crippen molar-refractivity contribution in [1.82, 2.24) is 30.9 Å². The number of amides is 3. The molecule has 5 atom stereocenters. The number of H-pyrrole nitrogens is 2. The number of aliphatic hydroxyl groups is 1. The maximum Gasteiger partial charge on any atom is 0.326 e. The van der Waals surface area contributed by atoms with E-state index in [9.17, 15) is 29.4 Å². The van der Waals surface area contributed by atoms with E-state index in [2.05, 4.69) is 30.9 Å². The molecule has 2 heterocycles. The first-order valence-electron chi connectivity index (χ1n) is 13.4. The molecule has 3 rings (SSSR count). The van der Waals surface area contributed by atoms with Gasteiger partial charge in [0.15, 0.2) is 0 Å². The molecule has 11 N–H and O–H groups in total. The van der Waals surface area contributed by atoms with E-state index in [1.807, 2.05) is 24.3 Å². The van der Waals surface area contributed by atoms with E-state index < -0.39 is 54.0 Å². The SMILES string of the molecule is CC(O)C(NC(=O)C(N)Cc1cnc[nH]1)C(=O)NC(Cc1c[nH]c2ccccc12)C(=O)NC(CCCCN)C(=O)O. The zero-order chi connectivity index (χ0) is 29.9. The number of fused-ring (bicyclic) bond motifs is 1. The Morgan fingerprint density at radius 2 is 1.71 bits per heavy atom. The molecule has 14 nitrogen and oxygen atoms in total. The molecular weight excluding hydrogens is 532 g/mol. The Hall–Kier alpha value is -4.27. The molecule has 0 fully saturated rings. The standard InChI is InChI=1S/C27H38N8O6/c1-15(36)23(35-24(37)19(29)11-17-13-30-14-32-17)26(39)34-22(10-16-12-31-20-7-3-2-6-18(16)20)25(38)33-21(27(40)41)8-4-5-9-28/h2-3,6-7,12-15,19,21-23,31,36H,4-5,8-11,28-29H2,1H3,(H,30,32)(H,33,38)(H,34,39)(H,35,37)(H,40,41). The van der Waals surface area contributed by atoms with Crippen molar-refractivity contribution in [3.05, 3.63) is 54.2 Å². The molecule has 14 heteroatoms. The first-order valence-corrected chi connectivity index (χ1v) is 13.4. The number of nitrogens with zero attached hydrogens (tertiary/aromatic N) is 1. The number of aromatic amines is 2. The number of nitrogens with one attached hydrogen (secondary N) is 5. The fourth-order valence-electron chi connectivity index (χ4n) is 4.41. The zero-order valence-electron chi connectivity index (χ0n) is 22.8. The minimum atomic E-state index is -1.44. The molecule has 0 saturated carbocycles. The summed E-state index contributed by atoms with van der Waals surface area (Å²) in [5.74, 6) is -3.47. The van der Waals surface area contributed by atoms with Crippen LogP contribution in [0.4, 0.5) is 0 Å². The summed E-state index contributed by atoms with van der Waals surface area (Å²) in [7, 11) is 0. The van der Waals surface area contributed by atoms with Crippen molar-refractivity contribution in [3.63, 3.8) is 0 Å². The van der Waals surface area contributed by atoms with Crippen molar-refractivity contribution >= 4 is 34.6 Å². The first-order chi connectivity index (χ1) is 19.6. The topological polar surface area (TPSA) is 241 Å². The molecular formula is C27H38N8O6. The largest absolute Gasteiger partial charge is 0.480 e. The summed E-state index contributed by atoms with van der Waals surface area (Å²) in [6.45, 7) is 1.70. The smallest absolute Gasteiger partial charge is 0.326 e. The van der Waals surface area contributed by atoms with Gasteiger partial charge in [-0.25, -0.2) is 9.78 Å². The van der Waals surface area contributed by atoms with Gasteiger partial charge in [0.1, 0.15) is 18.1 Å². The minimum Gasteiger partial charge on any atom is -0.480 e. The van der Waals surface area contributed by atoms with Crippen LogP contribution in [0, 0.1) is 0 Å². The molecule has 0 radical (unpaired) electrons. The summed E-state index contributed by atoms with van der Waals surface area (Å²) in [4.78, 5) is 61.1. The number of carbonyl (C=O) groups excluding carboxylic acids is 3. The number of aliphatic hydroxyl groups excluding tert-OH is 1. The van der Waals surface area contributed by atoms with Gasteiger partial charge in [0.25, 0.3) is 0 Å². The van der Waals surface area contributed by atoms with Crippen LogP contribution in [0.3, 0.4) is 0 Å². The molecule has 1 aromatic carbocycles. The Kier molecular flexibility index (Phi) is 11.4. The summed E-state index contributed by atoms with van der Waals surface area (Å²) >= 11 is 0. The fourth-order valence-corrected chi connectivity index (χ4v) is 4.41. The first kappa shape index (κ1) is 31.3. The third kappa shape index (κ3) is 8.86. The van der Waals surface area contributed by atoms with E-state index in [4.69, 9.17) is 11.5 Å². The molecule has 222 valence electrons. The average molecular weight is 571 g/mol. The molecule has 0 saturated heterocycles. The lowest BCUT2D eigenvalue weighted by molar-refractivity contribution is -0.142. The average Bonchev–Trinajstić information content (AvgIpc) is 3.60. The van der Waals surface area contributed by atoms with Gasteiger partial charge in [-0.3, -0.25) is 14.4 Å².